The predicted octanol–water partition coefficient (Wildman–Crippen LogP) is 0.894. The number of thioether (sulfide) groups is 1. The molecule has 120 valence electrons. The van der Waals surface area contributed by atoms with Gasteiger partial charge < -0.3 is 20.5 Å². The highest BCUT2D eigenvalue weighted by Gasteiger charge is 2.65. The lowest BCUT2D eigenvalue weighted by atomic mass is 9.54. The van der Waals surface area contributed by atoms with Crippen LogP contribution < -0.4 is 5.73 Å². The summed E-state index contributed by atoms with van der Waals surface area (Å²) in [6.07, 6.45) is 0.373. The monoisotopic (exact) mass is 316 g/mol. The fourth-order valence-corrected chi connectivity index (χ4v) is 4.34. The second-order valence-electron chi connectivity index (χ2n) is 6.34. The number of rotatable bonds is 4. The summed E-state index contributed by atoms with van der Waals surface area (Å²) in [7, 11) is 0. The van der Waals surface area contributed by atoms with Crippen LogP contribution in [0.2, 0.25) is 0 Å². The fraction of sp³-hybridized carbons (Fsp3) is 0.857. The van der Waals surface area contributed by atoms with E-state index in [2.05, 4.69) is 0 Å². The van der Waals surface area contributed by atoms with E-state index < -0.39 is 23.0 Å². The van der Waals surface area contributed by atoms with Gasteiger partial charge in [0.15, 0.2) is 0 Å². The molecule has 1 amide bonds. The van der Waals surface area contributed by atoms with E-state index in [1.807, 2.05) is 27.7 Å². The Labute approximate surface area is 129 Å². The number of ether oxygens (including phenoxy) is 1. The normalized spacial score (nSPS) is 38.1. The highest BCUT2D eigenvalue weighted by Crippen LogP contribution is 2.51. The van der Waals surface area contributed by atoms with Gasteiger partial charge in [0.05, 0.1) is 11.5 Å². The molecule has 0 spiro atoms. The Morgan fingerprint density at radius 3 is 2.57 bits per heavy atom. The third-order valence-electron chi connectivity index (χ3n) is 4.95. The van der Waals surface area contributed by atoms with E-state index in [1.54, 1.807) is 0 Å². The number of aliphatic carboxylic acids is 1. The third kappa shape index (κ3) is 2.35. The Bertz CT molecular complexity index is 456. The van der Waals surface area contributed by atoms with E-state index in [0.717, 1.165) is 0 Å². The molecule has 2 aliphatic rings. The van der Waals surface area contributed by atoms with Crippen molar-refractivity contribution in [1.82, 2.24) is 4.90 Å². The molecule has 0 radical (unpaired) electrons. The molecule has 1 aliphatic carbocycles. The van der Waals surface area contributed by atoms with Crippen LogP contribution in [0.3, 0.4) is 0 Å². The minimum atomic E-state index is -1.06. The van der Waals surface area contributed by atoms with E-state index in [0.29, 0.717) is 18.8 Å². The molecule has 2 rings (SSSR count). The van der Waals surface area contributed by atoms with Gasteiger partial charge in [-0.15, -0.1) is 11.8 Å². The molecule has 1 saturated heterocycles. The average Bonchev–Trinajstić information content (AvgIpc) is 2.79. The fourth-order valence-electron chi connectivity index (χ4n) is 3.17. The zero-order chi connectivity index (χ0) is 16.0. The van der Waals surface area contributed by atoms with Gasteiger partial charge in [-0.2, -0.15) is 0 Å². The second kappa shape index (κ2) is 5.44. The van der Waals surface area contributed by atoms with Crippen molar-refractivity contribution >= 4 is 23.6 Å². The summed E-state index contributed by atoms with van der Waals surface area (Å²) in [5.41, 5.74) is 4.82. The maximum Gasteiger partial charge on any atom is 0.327 e. The number of hydrogen-bond donors (Lipinski definition) is 2. The Balaban J connectivity index is 2.22. The predicted molar refractivity (Wildman–Crippen MR) is 80.9 cm³/mol. The zero-order valence-electron chi connectivity index (χ0n) is 13.0. The summed E-state index contributed by atoms with van der Waals surface area (Å²) in [6, 6.07) is -0.792. The van der Waals surface area contributed by atoms with Crippen molar-refractivity contribution in [1.29, 1.82) is 0 Å². The van der Waals surface area contributed by atoms with Crippen molar-refractivity contribution in [3.05, 3.63) is 0 Å². The number of nitrogens with zero attached hydrogens (tertiary/aromatic N) is 1. The van der Waals surface area contributed by atoms with Crippen molar-refractivity contribution in [2.45, 2.75) is 57.2 Å². The molecule has 21 heavy (non-hydrogen) atoms. The van der Waals surface area contributed by atoms with Crippen LogP contribution in [0, 0.1) is 5.41 Å². The topological polar surface area (TPSA) is 92.9 Å². The van der Waals surface area contributed by atoms with Crippen LogP contribution in [0.1, 0.15) is 34.1 Å². The van der Waals surface area contributed by atoms with E-state index in [4.69, 9.17) is 10.5 Å². The number of carboxylic acids is 1. The summed E-state index contributed by atoms with van der Waals surface area (Å²) in [4.78, 5) is 25.7. The zero-order valence-corrected chi connectivity index (χ0v) is 13.8. The molecule has 1 saturated carbocycles. The first-order valence-electron chi connectivity index (χ1n) is 7.24. The molecule has 0 aromatic heterocycles. The van der Waals surface area contributed by atoms with Crippen LogP contribution in [0.4, 0.5) is 0 Å². The highest BCUT2D eigenvalue weighted by molar-refractivity contribution is 8.00. The number of carboxylic acid groups (broad SMARTS) is 1. The van der Waals surface area contributed by atoms with Crippen LogP contribution in [-0.4, -0.2) is 57.3 Å². The molecule has 4 unspecified atom stereocenters. The van der Waals surface area contributed by atoms with Crippen LogP contribution in [0.5, 0.6) is 0 Å². The van der Waals surface area contributed by atoms with Gasteiger partial charge in [0.2, 0.25) is 5.91 Å². The quantitative estimate of drug-likeness (QED) is 0.800. The van der Waals surface area contributed by atoms with Gasteiger partial charge in [0, 0.05) is 24.2 Å². The molecular formula is C14H24N2O4S. The number of carbonyl (C=O) groups is 2. The molecule has 0 aromatic rings. The van der Waals surface area contributed by atoms with Crippen molar-refractivity contribution in [3.63, 3.8) is 0 Å². The Hall–Kier alpha value is -0.790. The summed E-state index contributed by atoms with van der Waals surface area (Å²) >= 11 is 1.47. The third-order valence-corrected chi connectivity index (χ3v) is 6.17. The molecule has 0 aromatic carbocycles. The molecule has 4 atom stereocenters. The lowest BCUT2D eigenvalue weighted by molar-refractivity contribution is -0.182. The van der Waals surface area contributed by atoms with Gasteiger partial charge in [-0.1, -0.05) is 13.8 Å². The molecule has 7 heteroatoms. The molecular weight excluding hydrogens is 292 g/mol. The Morgan fingerprint density at radius 1 is 1.48 bits per heavy atom. The van der Waals surface area contributed by atoms with Crippen molar-refractivity contribution < 1.29 is 19.4 Å². The standard InChI is InChI=1S/C14H24N2O4S/c1-5-20-10-6-14(15,13(10,3)4)12(19)16-8(2)21-7-9(16)11(17)18/h8-10H,5-7,15H2,1-4H3,(H,17,18). The highest BCUT2D eigenvalue weighted by atomic mass is 32.2. The van der Waals surface area contributed by atoms with E-state index in [9.17, 15) is 14.7 Å². The average molecular weight is 316 g/mol. The van der Waals surface area contributed by atoms with Gasteiger partial charge in [-0.05, 0) is 13.8 Å². The molecule has 2 fully saturated rings. The minimum absolute atomic E-state index is 0.0645. The molecule has 1 aliphatic heterocycles. The summed E-state index contributed by atoms with van der Waals surface area (Å²) in [5, 5.41) is 9.13. The number of amides is 1. The van der Waals surface area contributed by atoms with Gasteiger partial charge in [0.25, 0.3) is 0 Å². The second-order valence-corrected chi connectivity index (χ2v) is 7.69. The molecule has 6 nitrogen and oxygen atoms in total. The number of hydrogen-bond acceptors (Lipinski definition) is 5. The van der Waals surface area contributed by atoms with Crippen molar-refractivity contribution in [2.75, 3.05) is 12.4 Å². The lowest BCUT2D eigenvalue weighted by Gasteiger charge is -2.58. The van der Waals surface area contributed by atoms with E-state index in [1.165, 1.54) is 16.7 Å². The summed E-state index contributed by atoms with van der Waals surface area (Å²) < 4.78 is 5.63. The van der Waals surface area contributed by atoms with Crippen LogP contribution >= 0.6 is 11.8 Å². The van der Waals surface area contributed by atoms with Crippen LogP contribution in [-0.2, 0) is 14.3 Å². The first-order valence-corrected chi connectivity index (χ1v) is 8.29. The largest absolute Gasteiger partial charge is 0.480 e. The molecule has 1 heterocycles. The maximum absolute atomic E-state index is 12.9. The number of nitrogens with two attached hydrogens (primary N) is 1. The van der Waals surface area contributed by atoms with Crippen LogP contribution in [0.25, 0.3) is 0 Å². The van der Waals surface area contributed by atoms with Crippen molar-refractivity contribution in [3.8, 4) is 0 Å². The minimum Gasteiger partial charge on any atom is -0.480 e. The first kappa shape index (κ1) is 16.6. The van der Waals surface area contributed by atoms with E-state index >= 15 is 0 Å². The lowest BCUT2D eigenvalue weighted by Crippen LogP contribution is -2.76. The summed E-state index contributed by atoms with van der Waals surface area (Å²) in [5.74, 6) is -0.830. The molecule has 3 N–H and O–H groups in total. The SMILES string of the molecule is CCOC1CC(N)(C(=O)N2C(C)SCC2C(=O)O)C1(C)C. The van der Waals surface area contributed by atoms with Gasteiger partial charge in [0.1, 0.15) is 11.6 Å². The molecule has 0 bridgehead atoms. The Kier molecular flexibility index (Phi) is 4.30. The van der Waals surface area contributed by atoms with Gasteiger partial charge >= 0.3 is 5.97 Å². The van der Waals surface area contributed by atoms with Gasteiger partial charge in [-0.3, -0.25) is 4.79 Å². The van der Waals surface area contributed by atoms with Crippen LogP contribution in [0.15, 0.2) is 0 Å². The first-order chi connectivity index (χ1) is 9.66. The van der Waals surface area contributed by atoms with E-state index in [-0.39, 0.29) is 17.4 Å². The smallest absolute Gasteiger partial charge is 0.327 e. The summed E-state index contributed by atoms with van der Waals surface area (Å²) in [6.45, 7) is 8.16. The van der Waals surface area contributed by atoms with Gasteiger partial charge in [-0.25, -0.2) is 4.79 Å². The van der Waals surface area contributed by atoms with Crippen molar-refractivity contribution in [2.24, 2.45) is 11.1 Å². The maximum atomic E-state index is 12.9. The Morgan fingerprint density at radius 2 is 2.10 bits per heavy atom. The number of carbonyl (C=O) groups excluding carboxylic acids is 1.